The Morgan fingerprint density at radius 2 is 2.16 bits per heavy atom. The van der Waals surface area contributed by atoms with Gasteiger partial charge in [0.15, 0.2) is 0 Å². The predicted octanol–water partition coefficient (Wildman–Crippen LogP) is 2.82. The number of aromatic nitrogens is 1. The van der Waals surface area contributed by atoms with E-state index >= 15 is 0 Å². The highest BCUT2D eigenvalue weighted by Crippen LogP contribution is 2.24. The molecule has 1 aliphatic heterocycles. The first kappa shape index (κ1) is 16.3. The minimum absolute atomic E-state index is 0.144. The van der Waals surface area contributed by atoms with Crippen LogP contribution in [0, 0.1) is 5.92 Å². The summed E-state index contributed by atoms with van der Waals surface area (Å²) in [7, 11) is 0. The van der Waals surface area contributed by atoms with Gasteiger partial charge < -0.3 is 10.2 Å². The maximum Gasteiger partial charge on any atom is 0.254 e. The summed E-state index contributed by atoms with van der Waals surface area (Å²) < 4.78 is 0. The first-order chi connectivity index (χ1) is 12.3. The Morgan fingerprint density at radius 3 is 2.96 bits per heavy atom. The second-order valence-corrected chi connectivity index (χ2v) is 7.24. The van der Waals surface area contributed by atoms with Gasteiger partial charge in [-0.15, -0.1) is 0 Å². The molecule has 4 rings (SSSR count). The number of carbonyl (C=O) groups excluding carboxylic acids is 1. The number of rotatable bonds is 5. The topological polar surface area (TPSA) is 45.2 Å². The minimum atomic E-state index is 0.144. The van der Waals surface area contributed by atoms with Crippen molar-refractivity contribution < 1.29 is 4.79 Å². The molecule has 0 radical (unpaired) electrons. The molecule has 130 valence electrons. The Balaban J connectivity index is 1.56. The van der Waals surface area contributed by atoms with Crippen molar-refractivity contribution in [1.29, 1.82) is 0 Å². The molecule has 2 aliphatic rings. The summed E-state index contributed by atoms with van der Waals surface area (Å²) in [5.41, 5.74) is 4.68. The third kappa shape index (κ3) is 3.74. The highest BCUT2D eigenvalue weighted by molar-refractivity contribution is 5.94. The highest BCUT2D eigenvalue weighted by atomic mass is 16.2. The fourth-order valence-electron chi connectivity index (χ4n) is 4.00. The first-order valence-corrected chi connectivity index (χ1v) is 9.30. The average Bonchev–Trinajstić information content (AvgIpc) is 3.32. The maximum atomic E-state index is 13.2. The molecule has 25 heavy (non-hydrogen) atoms. The van der Waals surface area contributed by atoms with Crippen LogP contribution in [-0.4, -0.2) is 35.4 Å². The van der Waals surface area contributed by atoms with Crippen LogP contribution in [0.15, 0.2) is 42.7 Å². The number of carbonyl (C=O) groups is 1. The molecule has 4 nitrogen and oxygen atoms in total. The Bertz CT molecular complexity index is 738. The monoisotopic (exact) mass is 335 g/mol. The molecule has 1 aromatic carbocycles. The molecule has 4 heteroatoms. The van der Waals surface area contributed by atoms with Gasteiger partial charge >= 0.3 is 0 Å². The van der Waals surface area contributed by atoms with Crippen LogP contribution in [0.5, 0.6) is 0 Å². The Kier molecular flexibility index (Phi) is 4.79. The van der Waals surface area contributed by atoms with E-state index in [1.165, 1.54) is 17.5 Å². The zero-order valence-corrected chi connectivity index (χ0v) is 14.6. The van der Waals surface area contributed by atoms with E-state index in [4.69, 9.17) is 0 Å². The van der Waals surface area contributed by atoms with E-state index in [9.17, 15) is 4.79 Å². The summed E-state index contributed by atoms with van der Waals surface area (Å²) in [6.45, 7) is 3.48. The Hall–Kier alpha value is -2.20. The highest BCUT2D eigenvalue weighted by Gasteiger charge is 2.24. The van der Waals surface area contributed by atoms with Crippen molar-refractivity contribution in [2.75, 3.05) is 19.6 Å². The lowest BCUT2D eigenvalue weighted by atomic mass is 10.0. The molecule has 1 unspecified atom stereocenters. The number of pyridine rings is 1. The SMILES string of the molecule is O=C(c1ccc2c(c1)CCC2)N(Cc1cccnc1)CC1CCNC1. The second kappa shape index (κ2) is 7.36. The number of aryl methyl sites for hydroxylation is 2. The number of amides is 1. The fourth-order valence-corrected chi connectivity index (χ4v) is 4.00. The van der Waals surface area contributed by atoms with Gasteiger partial charge in [-0.2, -0.15) is 0 Å². The van der Waals surface area contributed by atoms with E-state index in [1.54, 1.807) is 6.20 Å². The van der Waals surface area contributed by atoms with Gasteiger partial charge in [-0.25, -0.2) is 0 Å². The van der Waals surface area contributed by atoms with Gasteiger partial charge in [0.05, 0.1) is 0 Å². The van der Waals surface area contributed by atoms with Crippen molar-refractivity contribution in [2.24, 2.45) is 5.92 Å². The largest absolute Gasteiger partial charge is 0.334 e. The van der Waals surface area contributed by atoms with E-state index in [0.717, 1.165) is 50.0 Å². The summed E-state index contributed by atoms with van der Waals surface area (Å²) in [6, 6.07) is 10.3. The summed E-state index contributed by atoms with van der Waals surface area (Å²) in [5, 5.41) is 3.40. The van der Waals surface area contributed by atoms with Crippen LogP contribution in [0.2, 0.25) is 0 Å². The third-order valence-electron chi connectivity index (χ3n) is 5.37. The number of hydrogen-bond donors (Lipinski definition) is 1. The van der Waals surface area contributed by atoms with Crippen LogP contribution in [0.3, 0.4) is 0 Å². The Morgan fingerprint density at radius 1 is 1.24 bits per heavy atom. The van der Waals surface area contributed by atoms with E-state index in [0.29, 0.717) is 12.5 Å². The molecule has 0 bridgehead atoms. The lowest BCUT2D eigenvalue weighted by molar-refractivity contribution is 0.0718. The summed E-state index contributed by atoms with van der Waals surface area (Å²) >= 11 is 0. The number of nitrogens with zero attached hydrogens (tertiary/aromatic N) is 2. The van der Waals surface area contributed by atoms with Gasteiger partial charge in [-0.05, 0) is 79.6 Å². The predicted molar refractivity (Wildman–Crippen MR) is 98.4 cm³/mol. The zero-order valence-electron chi connectivity index (χ0n) is 14.6. The van der Waals surface area contributed by atoms with Crippen molar-refractivity contribution in [2.45, 2.75) is 32.2 Å². The van der Waals surface area contributed by atoms with Gasteiger partial charge in [0.25, 0.3) is 5.91 Å². The molecule has 1 N–H and O–H groups in total. The summed E-state index contributed by atoms with van der Waals surface area (Å²) in [6.07, 6.45) is 8.23. The molecule has 1 aliphatic carbocycles. The van der Waals surface area contributed by atoms with Gasteiger partial charge in [-0.3, -0.25) is 9.78 Å². The van der Waals surface area contributed by atoms with Crippen molar-refractivity contribution >= 4 is 5.91 Å². The van der Waals surface area contributed by atoms with E-state index < -0.39 is 0 Å². The molecule has 1 atom stereocenters. The van der Waals surface area contributed by atoms with E-state index in [1.807, 2.05) is 29.3 Å². The van der Waals surface area contributed by atoms with Crippen LogP contribution < -0.4 is 5.32 Å². The van der Waals surface area contributed by atoms with Gasteiger partial charge in [0.1, 0.15) is 0 Å². The second-order valence-electron chi connectivity index (χ2n) is 7.24. The number of hydrogen-bond acceptors (Lipinski definition) is 3. The van der Waals surface area contributed by atoms with Crippen LogP contribution in [-0.2, 0) is 19.4 Å². The normalized spacial score (nSPS) is 19.0. The number of benzene rings is 1. The molecule has 2 heterocycles. The molecule has 0 saturated carbocycles. The molecular weight excluding hydrogens is 310 g/mol. The minimum Gasteiger partial charge on any atom is -0.334 e. The molecule has 2 aromatic rings. The summed E-state index contributed by atoms with van der Waals surface area (Å²) in [5.74, 6) is 0.681. The standard InChI is InChI=1S/C21H25N3O/c25-21(20-7-6-18-4-1-5-19(18)11-20)24(15-17-8-10-23-13-17)14-16-3-2-9-22-12-16/h2-3,6-7,9,11-12,17,23H,1,4-5,8,10,13-15H2. The lowest BCUT2D eigenvalue weighted by Crippen LogP contribution is -2.35. The van der Waals surface area contributed by atoms with E-state index in [-0.39, 0.29) is 5.91 Å². The van der Waals surface area contributed by atoms with Gasteiger partial charge in [0, 0.05) is 31.0 Å². The van der Waals surface area contributed by atoms with Crippen LogP contribution in [0.4, 0.5) is 0 Å². The zero-order chi connectivity index (χ0) is 17.1. The Labute approximate surface area is 149 Å². The molecule has 1 fully saturated rings. The van der Waals surface area contributed by atoms with Crippen molar-refractivity contribution in [3.63, 3.8) is 0 Å². The quantitative estimate of drug-likeness (QED) is 0.914. The van der Waals surface area contributed by atoms with E-state index in [2.05, 4.69) is 22.4 Å². The molecular formula is C21H25N3O. The van der Waals surface area contributed by atoms with Crippen LogP contribution in [0.25, 0.3) is 0 Å². The number of fused-ring (bicyclic) bond motifs is 1. The third-order valence-corrected chi connectivity index (χ3v) is 5.37. The van der Waals surface area contributed by atoms with Crippen LogP contribution >= 0.6 is 0 Å². The van der Waals surface area contributed by atoms with Crippen molar-refractivity contribution in [1.82, 2.24) is 15.2 Å². The molecule has 1 saturated heterocycles. The van der Waals surface area contributed by atoms with Crippen molar-refractivity contribution in [3.8, 4) is 0 Å². The maximum absolute atomic E-state index is 13.2. The number of nitrogens with one attached hydrogen (secondary N) is 1. The molecule has 1 amide bonds. The first-order valence-electron chi connectivity index (χ1n) is 9.30. The lowest BCUT2D eigenvalue weighted by Gasteiger charge is -2.26. The van der Waals surface area contributed by atoms with Crippen molar-refractivity contribution in [3.05, 3.63) is 65.0 Å². The molecule has 1 aromatic heterocycles. The summed E-state index contributed by atoms with van der Waals surface area (Å²) in [4.78, 5) is 19.4. The van der Waals surface area contributed by atoms with Crippen LogP contribution in [0.1, 0.15) is 39.9 Å². The van der Waals surface area contributed by atoms with Gasteiger partial charge in [0.2, 0.25) is 0 Å². The van der Waals surface area contributed by atoms with Gasteiger partial charge in [-0.1, -0.05) is 12.1 Å². The fraction of sp³-hybridized carbons (Fsp3) is 0.429. The average molecular weight is 335 g/mol. The smallest absolute Gasteiger partial charge is 0.254 e. The molecule has 0 spiro atoms.